The summed E-state index contributed by atoms with van der Waals surface area (Å²) in [5.74, 6) is 0. The number of rotatable bonds is 4. The van der Waals surface area contributed by atoms with E-state index in [1.165, 1.54) is 22.3 Å². The molecule has 0 fully saturated rings. The normalized spacial score (nSPS) is 20.0. The SMILES string of the molecule is C=CC1=C(/C=C\C)C(C)(C)C(C=C)=C(/C=C\C)C1. The van der Waals surface area contributed by atoms with E-state index in [0.29, 0.717) is 0 Å². The van der Waals surface area contributed by atoms with Gasteiger partial charge < -0.3 is 0 Å². The monoisotopic (exact) mass is 240 g/mol. The molecule has 0 bridgehead atoms. The fraction of sp³-hybridized carbons (Fsp3) is 0.333. The summed E-state index contributed by atoms with van der Waals surface area (Å²) in [6.45, 7) is 16.6. The first-order valence-corrected chi connectivity index (χ1v) is 6.50. The first kappa shape index (κ1) is 14.5. The lowest BCUT2D eigenvalue weighted by Gasteiger charge is -2.36. The van der Waals surface area contributed by atoms with Gasteiger partial charge >= 0.3 is 0 Å². The molecule has 0 atom stereocenters. The molecule has 1 aliphatic carbocycles. The van der Waals surface area contributed by atoms with Crippen molar-refractivity contribution >= 4 is 0 Å². The van der Waals surface area contributed by atoms with Crippen LogP contribution >= 0.6 is 0 Å². The van der Waals surface area contributed by atoms with Crippen molar-refractivity contribution in [1.29, 1.82) is 0 Å². The van der Waals surface area contributed by atoms with Crippen molar-refractivity contribution in [1.82, 2.24) is 0 Å². The number of hydrogen-bond acceptors (Lipinski definition) is 0. The summed E-state index contributed by atoms with van der Waals surface area (Å²) in [7, 11) is 0. The van der Waals surface area contributed by atoms with Crippen LogP contribution in [0.1, 0.15) is 34.1 Å². The molecule has 18 heavy (non-hydrogen) atoms. The van der Waals surface area contributed by atoms with Gasteiger partial charge in [0.05, 0.1) is 0 Å². The highest BCUT2D eigenvalue weighted by Crippen LogP contribution is 2.46. The highest BCUT2D eigenvalue weighted by Gasteiger charge is 2.32. The molecule has 0 nitrogen and oxygen atoms in total. The molecule has 0 saturated carbocycles. The highest BCUT2D eigenvalue weighted by molar-refractivity contribution is 5.54. The quantitative estimate of drug-likeness (QED) is 0.605. The third kappa shape index (κ3) is 2.48. The van der Waals surface area contributed by atoms with Crippen LogP contribution in [-0.4, -0.2) is 0 Å². The highest BCUT2D eigenvalue weighted by atomic mass is 14.4. The van der Waals surface area contributed by atoms with Crippen LogP contribution in [0.2, 0.25) is 0 Å². The second kappa shape index (κ2) is 5.86. The van der Waals surface area contributed by atoms with E-state index in [0.717, 1.165) is 6.42 Å². The molecular weight excluding hydrogens is 216 g/mol. The molecule has 96 valence electrons. The molecule has 0 spiro atoms. The summed E-state index contributed by atoms with van der Waals surface area (Å²) in [6.07, 6.45) is 13.5. The van der Waals surface area contributed by atoms with E-state index >= 15 is 0 Å². The van der Waals surface area contributed by atoms with Crippen molar-refractivity contribution in [2.24, 2.45) is 5.41 Å². The largest absolute Gasteiger partial charge is 0.0988 e. The number of hydrogen-bond donors (Lipinski definition) is 0. The topological polar surface area (TPSA) is 0 Å². The Morgan fingerprint density at radius 1 is 0.889 bits per heavy atom. The minimum atomic E-state index is -0.00905. The maximum Gasteiger partial charge on any atom is 0.0151 e. The van der Waals surface area contributed by atoms with Crippen LogP contribution in [0.3, 0.4) is 0 Å². The predicted octanol–water partition coefficient (Wildman–Crippen LogP) is 5.53. The van der Waals surface area contributed by atoms with Crippen molar-refractivity contribution in [3.05, 3.63) is 71.9 Å². The van der Waals surface area contributed by atoms with Gasteiger partial charge in [0.15, 0.2) is 0 Å². The minimum absolute atomic E-state index is 0.00905. The zero-order valence-corrected chi connectivity index (χ0v) is 12.1. The maximum absolute atomic E-state index is 3.99. The zero-order valence-electron chi connectivity index (χ0n) is 12.1. The Morgan fingerprint density at radius 2 is 1.50 bits per heavy atom. The van der Waals surface area contributed by atoms with Gasteiger partial charge in [0, 0.05) is 5.41 Å². The lowest BCUT2D eigenvalue weighted by molar-refractivity contribution is 0.544. The number of allylic oxidation sites excluding steroid dienone is 10. The summed E-state index contributed by atoms with van der Waals surface area (Å²) in [5.41, 5.74) is 5.32. The van der Waals surface area contributed by atoms with Crippen LogP contribution in [-0.2, 0) is 0 Å². The molecule has 0 N–H and O–H groups in total. The maximum atomic E-state index is 3.99. The fourth-order valence-corrected chi connectivity index (χ4v) is 2.74. The van der Waals surface area contributed by atoms with Gasteiger partial charge in [-0.25, -0.2) is 0 Å². The van der Waals surface area contributed by atoms with E-state index in [4.69, 9.17) is 0 Å². The van der Waals surface area contributed by atoms with Crippen LogP contribution in [0.5, 0.6) is 0 Å². The lowest BCUT2D eigenvalue weighted by Crippen LogP contribution is -2.22. The van der Waals surface area contributed by atoms with Crippen LogP contribution in [0.25, 0.3) is 0 Å². The molecule has 0 aromatic heterocycles. The molecule has 0 aromatic carbocycles. The molecule has 0 unspecified atom stereocenters. The smallest absolute Gasteiger partial charge is 0.0151 e. The molecule has 0 heterocycles. The molecule has 1 aliphatic rings. The van der Waals surface area contributed by atoms with Gasteiger partial charge in [0.25, 0.3) is 0 Å². The summed E-state index contributed by atoms with van der Waals surface area (Å²) in [6, 6.07) is 0. The Hall–Kier alpha value is -1.56. The van der Waals surface area contributed by atoms with Crippen molar-refractivity contribution in [2.75, 3.05) is 0 Å². The third-order valence-corrected chi connectivity index (χ3v) is 3.57. The van der Waals surface area contributed by atoms with Crippen molar-refractivity contribution in [2.45, 2.75) is 34.1 Å². The molecule has 1 rings (SSSR count). The van der Waals surface area contributed by atoms with Gasteiger partial charge in [-0.2, -0.15) is 0 Å². The van der Waals surface area contributed by atoms with Gasteiger partial charge in [0.1, 0.15) is 0 Å². The molecule has 0 aromatic rings. The van der Waals surface area contributed by atoms with Gasteiger partial charge in [-0.05, 0) is 42.6 Å². The molecule has 0 amide bonds. The van der Waals surface area contributed by atoms with E-state index in [1.807, 2.05) is 12.2 Å². The molecule has 0 heteroatoms. The average Bonchev–Trinajstić information content (AvgIpc) is 2.32. The third-order valence-electron chi connectivity index (χ3n) is 3.57. The van der Waals surface area contributed by atoms with Crippen molar-refractivity contribution in [3.63, 3.8) is 0 Å². The van der Waals surface area contributed by atoms with Crippen LogP contribution in [0, 0.1) is 5.41 Å². The molecular formula is C18H24. The Bertz CT molecular complexity index is 462. The Morgan fingerprint density at radius 3 is 1.94 bits per heavy atom. The molecule has 0 saturated heterocycles. The Balaban J connectivity index is 3.48. The first-order chi connectivity index (χ1) is 8.52. The molecule has 0 radical (unpaired) electrons. The molecule has 0 aliphatic heterocycles. The average molecular weight is 240 g/mol. The van der Waals surface area contributed by atoms with Gasteiger partial charge in [-0.15, -0.1) is 0 Å². The zero-order chi connectivity index (χ0) is 13.8. The summed E-state index contributed by atoms with van der Waals surface area (Å²) >= 11 is 0. The Labute approximate surface area is 112 Å². The van der Waals surface area contributed by atoms with E-state index in [-0.39, 0.29) is 5.41 Å². The second-order valence-corrected chi connectivity index (χ2v) is 5.09. The van der Waals surface area contributed by atoms with Crippen molar-refractivity contribution < 1.29 is 0 Å². The summed E-state index contributed by atoms with van der Waals surface area (Å²) in [4.78, 5) is 0. The van der Waals surface area contributed by atoms with E-state index in [2.05, 4.69) is 65.2 Å². The minimum Gasteiger partial charge on any atom is -0.0988 e. The van der Waals surface area contributed by atoms with E-state index in [1.54, 1.807) is 0 Å². The van der Waals surface area contributed by atoms with Gasteiger partial charge in [-0.1, -0.05) is 63.5 Å². The fourth-order valence-electron chi connectivity index (χ4n) is 2.74. The lowest BCUT2D eigenvalue weighted by atomic mass is 9.68. The second-order valence-electron chi connectivity index (χ2n) is 5.09. The summed E-state index contributed by atoms with van der Waals surface area (Å²) < 4.78 is 0. The van der Waals surface area contributed by atoms with Crippen LogP contribution in [0.4, 0.5) is 0 Å². The van der Waals surface area contributed by atoms with E-state index in [9.17, 15) is 0 Å². The van der Waals surface area contributed by atoms with Crippen LogP contribution in [0.15, 0.2) is 71.9 Å². The van der Waals surface area contributed by atoms with Crippen molar-refractivity contribution in [3.8, 4) is 0 Å². The standard InChI is InChI=1S/C18H24/c1-7-11-15-13-14(9-3)17(12-8-2)18(5,6)16(15)10-4/h7-12H,3-4,13H2,1-2,5-6H3/b11-7-,12-8-. The van der Waals surface area contributed by atoms with Gasteiger partial charge in [-0.3, -0.25) is 0 Å². The van der Waals surface area contributed by atoms with Crippen LogP contribution < -0.4 is 0 Å². The van der Waals surface area contributed by atoms with E-state index < -0.39 is 0 Å². The Kier molecular flexibility index (Phi) is 4.72. The first-order valence-electron chi connectivity index (χ1n) is 6.50. The van der Waals surface area contributed by atoms with Gasteiger partial charge in [0.2, 0.25) is 0 Å². The predicted molar refractivity (Wildman–Crippen MR) is 82.5 cm³/mol. The summed E-state index contributed by atoms with van der Waals surface area (Å²) in [5, 5.41) is 0.